The van der Waals surface area contributed by atoms with Crippen molar-refractivity contribution in [1.29, 1.82) is 0 Å². The lowest BCUT2D eigenvalue weighted by molar-refractivity contribution is 0.0864. The zero-order chi connectivity index (χ0) is 14.6. The number of hydrogen-bond donors (Lipinski definition) is 2. The number of nitrogens with one attached hydrogen (secondary N) is 1. The fraction of sp³-hybridized carbons (Fsp3) is 0.538. The minimum atomic E-state index is -1.32. The van der Waals surface area contributed by atoms with Crippen molar-refractivity contribution in [2.24, 2.45) is 5.41 Å². The molecule has 1 aromatic rings. The van der Waals surface area contributed by atoms with E-state index in [4.69, 9.17) is 0 Å². The van der Waals surface area contributed by atoms with Gasteiger partial charge in [-0.25, -0.2) is 9.37 Å². The van der Waals surface area contributed by atoms with E-state index >= 15 is 0 Å². The van der Waals surface area contributed by atoms with Crippen molar-refractivity contribution in [2.45, 2.75) is 33.3 Å². The zero-order valence-electron chi connectivity index (χ0n) is 11.2. The molecule has 2 N–H and O–H groups in total. The van der Waals surface area contributed by atoms with E-state index in [1.54, 1.807) is 0 Å². The zero-order valence-corrected chi connectivity index (χ0v) is 11.2. The number of aliphatic hydroxyl groups is 1. The van der Waals surface area contributed by atoms with Crippen molar-refractivity contribution in [2.75, 3.05) is 6.54 Å². The third-order valence-electron chi connectivity index (χ3n) is 2.44. The maximum atomic E-state index is 13.3. The van der Waals surface area contributed by atoms with Gasteiger partial charge >= 0.3 is 0 Å². The first-order chi connectivity index (χ1) is 8.70. The second-order valence-electron chi connectivity index (χ2n) is 5.59. The van der Waals surface area contributed by atoms with Crippen LogP contribution in [0.2, 0.25) is 0 Å². The van der Waals surface area contributed by atoms with Gasteiger partial charge in [0.15, 0.2) is 5.82 Å². The van der Waals surface area contributed by atoms with Crippen LogP contribution in [0.3, 0.4) is 0 Å². The highest BCUT2D eigenvalue weighted by molar-refractivity contribution is 5.94. The molecule has 0 aliphatic heterocycles. The highest BCUT2D eigenvalue weighted by Gasteiger charge is 2.19. The normalized spacial score (nSPS) is 13.2. The Morgan fingerprint density at radius 1 is 1.47 bits per heavy atom. The first kappa shape index (κ1) is 15.5. The average Bonchev–Trinajstić information content (AvgIpc) is 2.27. The molecular weight excluding hydrogens is 254 g/mol. The summed E-state index contributed by atoms with van der Waals surface area (Å²) in [7, 11) is 0. The number of carbonyl (C=O) groups is 1. The van der Waals surface area contributed by atoms with E-state index in [1.165, 1.54) is 0 Å². The summed E-state index contributed by atoms with van der Waals surface area (Å²) in [6.07, 6.45) is 0.762. The molecule has 1 unspecified atom stereocenters. The number of pyridine rings is 1. The van der Waals surface area contributed by atoms with E-state index < -0.39 is 29.3 Å². The Balaban J connectivity index is 2.59. The van der Waals surface area contributed by atoms with Crippen LogP contribution in [0.15, 0.2) is 12.3 Å². The number of nitrogens with zero attached hydrogens (tertiary/aromatic N) is 1. The van der Waals surface area contributed by atoms with Gasteiger partial charge in [-0.3, -0.25) is 4.79 Å². The summed E-state index contributed by atoms with van der Waals surface area (Å²) in [4.78, 5) is 14.7. The van der Waals surface area contributed by atoms with Crippen LogP contribution in [0.5, 0.6) is 0 Å². The molecule has 106 valence electrons. The number of hydrogen-bond acceptors (Lipinski definition) is 3. The molecule has 0 saturated carbocycles. The third kappa shape index (κ3) is 4.90. The second-order valence-corrected chi connectivity index (χ2v) is 5.59. The molecule has 0 bridgehead atoms. The molecule has 19 heavy (non-hydrogen) atoms. The average molecular weight is 272 g/mol. The molecule has 1 atom stereocenters. The van der Waals surface area contributed by atoms with Crippen molar-refractivity contribution < 1.29 is 18.7 Å². The van der Waals surface area contributed by atoms with Gasteiger partial charge in [0.25, 0.3) is 5.91 Å². The number of amides is 1. The largest absolute Gasteiger partial charge is 0.391 e. The van der Waals surface area contributed by atoms with E-state index in [0.29, 0.717) is 6.42 Å². The van der Waals surface area contributed by atoms with Crippen LogP contribution >= 0.6 is 0 Å². The fourth-order valence-corrected chi connectivity index (χ4v) is 1.68. The summed E-state index contributed by atoms with van der Waals surface area (Å²) in [6, 6.07) is 1.09. The Morgan fingerprint density at radius 3 is 2.68 bits per heavy atom. The number of halogens is 2. The SMILES string of the molecule is CC(C)(C)CC(O)CNC(=O)c1ccnc(F)c1F. The maximum Gasteiger partial charge on any atom is 0.254 e. The lowest BCUT2D eigenvalue weighted by Gasteiger charge is -2.22. The van der Waals surface area contributed by atoms with Crippen molar-refractivity contribution in [1.82, 2.24) is 10.3 Å². The molecule has 0 spiro atoms. The Hall–Kier alpha value is -1.56. The lowest BCUT2D eigenvalue weighted by atomic mass is 9.89. The quantitative estimate of drug-likeness (QED) is 0.823. The molecule has 0 aromatic carbocycles. The standard InChI is InChI=1S/C13H18F2N2O2/c1-13(2,3)6-8(18)7-17-12(19)9-4-5-16-11(15)10(9)14/h4-5,8,18H,6-7H2,1-3H3,(H,17,19). The van der Waals surface area contributed by atoms with Gasteiger partial charge in [-0.2, -0.15) is 4.39 Å². The van der Waals surface area contributed by atoms with Gasteiger partial charge in [0.2, 0.25) is 5.95 Å². The molecule has 0 fully saturated rings. The first-order valence-corrected chi connectivity index (χ1v) is 5.97. The summed E-state index contributed by atoms with van der Waals surface area (Å²) < 4.78 is 26.1. The van der Waals surface area contributed by atoms with Crippen LogP contribution in [0.1, 0.15) is 37.6 Å². The van der Waals surface area contributed by atoms with Gasteiger partial charge in [0.05, 0.1) is 11.7 Å². The molecule has 0 aliphatic rings. The number of carbonyl (C=O) groups excluding carboxylic acids is 1. The number of rotatable bonds is 4. The molecular formula is C13H18F2N2O2. The predicted molar refractivity (Wildman–Crippen MR) is 66.6 cm³/mol. The van der Waals surface area contributed by atoms with Crippen LogP contribution in [-0.4, -0.2) is 28.6 Å². The van der Waals surface area contributed by atoms with E-state index in [1.807, 2.05) is 20.8 Å². The van der Waals surface area contributed by atoms with Crippen molar-refractivity contribution >= 4 is 5.91 Å². The molecule has 1 heterocycles. The first-order valence-electron chi connectivity index (χ1n) is 5.97. The van der Waals surface area contributed by atoms with E-state index in [0.717, 1.165) is 12.3 Å². The molecule has 6 heteroatoms. The molecule has 1 aromatic heterocycles. The van der Waals surface area contributed by atoms with Crippen molar-refractivity contribution in [3.8, 4) is 0 Å². The molecule has 1 amide bonds. The minimum absolute atomic E-state index is 0.0144. The predicted octanol–water partition coefficient (Wildman–Crippen LogP) is 1.89. The molecule has 1 rings (SSSR count). The molecule has 4 nitrogen and oxygen atoms in total. The van der Waals surface area contributed by atoms with Crippen LogP contribution in [0, 0.1) is 17.2 Å². The van der Waals surface area contributed by atoms with Crippen LogP contribution < -0.4 is 5.32 Å². The van der Waals surface area contributed by atoms with Gasteiger partial charge in [-0.1, -0.05) is 20.8 Å². The summed E-state index contributed by atoms with van der Waals surface area (Å²) in [5.74, 6) is -3.38. The molecule has 0 radical (unpaired) electrons. The maximum absolute atomic E-state index is 13.3. The third-order valence-corrected chi connectivity index (χ3v) is 2.44. The van der Waals surface area contributed by atoms with Crippen LogP contribution in [-0.2, 0) is 0 Å². The summed E-state index contributed by atoms with van der Waals surface area (Å²) >= 11 is 0. The second kappa shape index (κ2) is 6.06. The summed E-state index contributed by atoms with van der Waals surface area (Å²) in [5.41, 5.74) is -0.506. The Kier molecular flexibility index (Phi) is 4.94. The van der Waals surface area contributed by atoms with E-state index in [2.05, 4.69) is 10.3 Å². The lowest BCUT2D eigenvalue weighted by Crippen LogP contribution is -2.34. The highest BCUT2D eigenvalue weighted by Crippen LogP contribution is 2.20. The number of aliphatic hydroxyl groups excluding tert-OH is 1. The smallest absolute Gasteiger partial charge is 0.254 e. The molecule has 0 aliphatic carbocycles. The Bertz CT molecular complexity index is 458. The summed E-state index contributed by atoms with van der Waals surface area (Å²) in [5, 5.41) is 12.1. The van der Waals surface area contributed by atoms with Gasteiger partial charge in [0.1, 0.15) is 0 Å². The number of aromatic nitrogens is 1. The fourth-order valence-electron chi connectivity index (χ4n) is 1.68. The topological polar surface area (TPSA) is 62.2 Å². The Labute approximate surface area is 110 Å². The van der Waals surface area contributed by atoms with Gasteiger partial charge in [-0.05, 0) is 17.9 Å². The van der Waals surface area contributed by atoms with Gasteiger partial charge < -0.3 is 10.4 Å². The highest BCUT2D eigenvalue weighted by atomic mass is 19.2. The molecule has 0 saturated heterocycles. The van der Waals surface area contributed by atoms with Crippen molar-refractivity contribution in [3.05, 3.63) is 29.6 Å². The van der Waals surface area contributed by atoms with Crippen LogP contribution in [0.4, 0.5) is 8.78 Å². The summed E-state index contributed by atoms with van der Waals surface area (Å²) in [6.45, 7) is 5.85. The van der Waals surface area contributed by atoms with E-state index in [9.17, 15) is 18.7 Å². The van der Waals surface area contributed by atoms with E-state index in [-0.39, 0.29) is 12.0 Å². The van der Waals surface area contributed by atoms with Crippen molar-refractivity contribution in [3.63, 3.8) is 0 Å². The Morgan fingerprint density at radius 2 is 2.11 bits per heavy atom. The minimum Gasteiger partial charge on any atom is -0.391 e. The van der Waals surface area contributed by atoms with Gasteiger partial charge in [0, 0.05) is 12.7 Å². The van der Waals surface area contributed by atoms with Crippen LogP contribution in [0.25, 0.3) is 0 Å². The monoisotopic (exact) mass is 272 g/mol. The van der Waals surface area contributed by atoms with Gasteiger partial charge in [-0.15, -0.1) is 0 Å².